The van der Waals surface area contributed by atoms with Gasteiger partial charge in [-0.05, 0) is 65.2 Å². The number of thiophene rings is 1. The molecule has 0 radical (unpaired) electrons. The number of piperidine rings is 1. The van der Waals surface area contributed by atoms with E-state index in [1.165, 1.54) is 27.8 Å². The van der Waals surface area contributed by atoms with Crippen LogP contribution in [0.2, 0.25) is 0 Å². The first-order valence-electron chi connectivity index (χ1n) is 8.28. The van der Waals surface area contributed by atoms with Crippen LogP contribution in [0.4, 0.5) is 4.39 Å². The lowest BCUT2D eigenvalue weighted by atomic mass is 10.00. The van der Waals surface area contributed by atoms with Crippen molar-refractivity contribution < 1.29 is 17.2 Å². The Kier molecular flexibility index (Phi) is 5.15. The molecule has 0 aliphatic carbocycles. The third kappa shape index (κ3) is 3.84. The van der Waals surface area contributed by atoms with Gasteiger partial charge in [0.2, 0.25) is 11.8 Å². The standard InChI is InChI=1S/C17H15BrFN3O3S2/c18-14-7-8-15(26-14)27(23,24)22-9-1-2-12(10-22)17-21-20-16(25-17)11-3-5-13(19)6-4-11/h3-8,12H,1-2,9-10H2. The van der Waals surface area contributed by atoms with Crippen LogP contribution in [0.5, 0.6) is 0 Å². The third-order valence-corrected chi connectivity index (χ3v) is 8.36. The molecule has 1 aromatic carbocycles. The maximum atomic E-state index is 13.1. The molecule has 0 bridgehead atoms. The molecule has 6 nitrogen and oxygen atoms in total. The number of aromatic nitrogens is 2. The van der Waals surface area contributed by atoms with Gasteiger partial charge in [-0.3, -0.25) is 0 Å². The molecule has 27 heavy (non-hydrogen) atoms. The van der Waals surface area contributed by atoms with Crippen LogP contribution in [0, 0.1) is 5.82 Å². The normalized spacial score (nSPS) is 18.7. The average molecular weight is 472 g/mol. The van der Waals surface area contributed by atoms with Crippen LogP contribution >= 0.6 is 27.3 Å². The van der Waals surface area contributed by atoms with Crippen molar-refractivity contribution >= 4 is 37.3 Å². The zero-order valence-corrected chi connectivity index (χ0v) is 17.2. The van der Waals surface area contributed by atoms with Gasteiger partial charge in [0.1, 0.15) is 10.0 Å². The summed E-state index contributed by atoms with van der Waals surface area (Å²) in [4.78, 5) is 0. The van der Waals surface area contributed by atoms with Crippen molar-refractivity contribution in [3.63, 3.8) is 0 Å². The van der Waals surface area contributed by atoms with E-state index in [9.17, 15) is 12.8 Å². The average Bonchev–Trinajstić information content (AvgIpc) is 3.32. The molecular weight excluding hydrogens is 457 g/mol. The van der Waals surface area contributed by atoms with Gasteiger partial charge in [-0.2, -0.15) is 4.31 Å². The van der Waals surface area contributed by atoms with Crippen molar-refractivity contribution in [1.82, 2.24) is 14.5 Å². The molecular formula is C17H15BrFN3O3S2. The molecule has 0 saturated carbocycles. The summed E-state index contributed by atoms with van der Waals surface area (Å²) in [5.74, 6) is 0.194. The maximum Gasteiger partial charge on any atom is 0.252 e. The highest BCUT2D eigenvalue weighted by Crippen LogP contribution is 2.34. The zero-order valence-electron chi connectivity index (χ0n) is 14.0. The van der Waals surface area contributed by atoms with Crippen molar-refractivity contribution in [1.29, 1.82) is 0 Å². The van der Waals surface area contributed by atoms with E-state index >= 15 is 0 Å². The highest BCUT2D eigenvalue weighted by Gasteiger charge is 2.34. The van der Waals surface area contributed by atoms with Crippen LogP contribution < -0.4 is 0 Å². The molecule has 3 aromatic rings. The Labute approximate surface area is 168 Å². The number of benzene rings is 1. The van der Waals surface area contributed by atoms with Gasteiger partial charge in [-0.1, -0.05) is 0 Å². The van der Waals surface area contributed by atoms with Gasteiger partial charge in [-0.25, -0.2) is 12.8 Å². The van der Waals surface area contributed by atoms with E-state index in [1.807, 2.05) is 0 Å². The van der Waals surface area contributed by atoms with Gasteiger partial charge in [0.25, 0.3) is 10.0 Å². The number of rotatable bonds is 4. The molecule has 0 N–H and O–H groups in total. The largest absolute Gasteiger partial charge is 0.420 e. The van der Waals surface area contributed by atoms with Crippen LogP contribution in [0.25, 0.3) is 11.5 Å². The molecule has 1 fully saturated rings. The minimum Gasteiger partial charge on any atom is -0.420 e. The molecule has 1 unspecified atom stereocenters. The van der Waals surface area contributed by atoms with E-state index in [1.54, 1.807) is 24.3 Å². The second-order valence-corrected chi connectivity index (χ2v) is 10.8. The fourth-order valence-corrected chi connectivity index (χ4v) is 6.72. The molecule has 0 amide bonds. The Morgan fingerprint density at radius 3 is 2.67 bits per heavy atom. The summed E-state index contributed by atoms with van der Waals surface area (Å²) in [6.45, 7) is 0.760. The summed E-state index contributed by atoms with van der Waals surface area (Å²) in [6.07, 6.45) is 1.48. The lowest BCUT2D eigenvalue weighted by Crippen LogP contribution is -2.38. The molecule has 0 spiro atoms. The predicted octanol–water partition coefficient (Wildman–Crippen LogP) is 4.27. The van der Waals surface area contributed by atoms with Crippen LogP contribution in [-0.2, 0) is 10.0 Å². The van der Waals surface area contributed by atoms with E-state index < -0.39 is 10.0 Å². The summed E-state index contributed by atoms with van der Waals surface area (Å²) in [7, 11) is -3.54. The molecule has 2 aromatic heterocycles. The molecule has 1 saturated heterocycles. The summed E-state index contributed by atoms with van der Waals surface area (Å²) in [5.41, 5.74) is 0.624. The Morgan fingerprint density at radius 1 is 1.19 bits per heavy atom. The van der Waals surface area contributed by atoms with Crippen LogP contribution in [0.15, 0.2) is 48.8 Å². The van der Waals surface area contributed by atoms with Gasteiger partial charge >= 0.3 is 0 Å². The SMILES string of the molecule is O=S(=O)(c1ccc(Br)s1)N1CCCC(c2nnc(-c3ccc(F)cc3)o2)C1. The lowest BCUT2D eigenvalue weighted by Gasteiger charge is -2.29. The second-order valence-electron chi connectivity index (χ2n) is 6.21. The molecule has 142 valence electrons. The number of hydrogen-bond donors (Lipinski definition) is 0. The van der Waals surface area contributed by atoms with Gasteiger partial charge in [-0.15, -0.1) is 21.5 Å². The van der Waals surface area contributed by atoms with Gasteiger partial charge < -0.3 is 4.42 Å². The molecule has 4 rings (SSSR count). The number of nitrogens with zero attached hydrogens (tertiary/aromatic N) is 3. The first-order chi connectivity index (χ1) is 12.9. The topological polar surface area (TPSA) is 76.3 Å². The highest BCUT2D eigenvalue weighted by atomic mass is 79.9. The number of hydrogen-bond acceptors (Lipinski definition) is 6. The predicted molar refractivity (Wildman–Crippen MR) is 102 cm³/mol. The van der Waals surface area contributed by atoms with E-state index in [0.29, 0.717) is 41.1 Å². The first kappa shape index (κ1) is 18.7. The Bertz CT molecular complexity index is 1050. The molecule has 10 heteroatoms. The third-order valence-electron chi connectivity index (χ3n) is 4.41. The van der Waals surface area contributed by atoms with Gasteiger partial charge in [0.15, 0.2) is 0 Å². The molecule has 1 aliphatic rings. The van der Waals surface area contributed by atoms with Crippen molar-refractivity contribution in [2.24, 2.45) is 0 Å². The summed E-state index contributed by atoms with van der Waals surface area (Å²) < 4.78 is 47.1. The minimum absolute atomic E-state index is 0.168. The maximum absolute atomic E-state index is 13.1. The van der Waals surface area contributed by atoms with E-state index in [-0.39, 0.29) is 11.7 Å². The van der Waals surface area contributed by atoms with Crippen molar-refractivity contribution in [2.75, 3.05) is 13.1 Å². The van der Waals surface area contributed by atoms with Gasteiger partial charge in [0, 0.05) is 18.7 Å². The molecule has 1 atom stereocenters. The molecule has 3 heterocycles. The minimum atomic E-state index is -3.54. The fourth-order valence-electron chi connectivity index (χ4n) is 3.03. The monoisotopic (exact) mass is 471 g/mol. The molecule has 1 aliphatic heterocycles. The van der Waals surface area contributed by atoms with E-state index in [4.69, 9.17) is 4.42 Å². The Balaban J connectivity index is 1.54. The van der Waals surface area contributed by atoms with Crippen LogP contribution in [0.1, 0.15) is 24.7 Å². The lowest BCUT2D eigenvalue weighted by molar-refractivity contribution is 0.286. The van der Waals surface area contributed by atoms with Crippen molar-refractivity contribution in [2.45, 2.75) is 23.0 Å². The van der Waals surface area contributed by atoms with Crippen LogP contribution in [-0.4, -0.2) is 36.0 Å². The Hall–Kier alpha value is -1.62. The van der Waals surface area contributed by atoms with E-state index in [2.05, 4.69) is 26.1 Å². The van der Waals surface area contributed by atoms with Crippen molar-refractivity contribution in [3.8, 4) is 11.5 Å². The smallest absolute Gasteiger partial charge is 0.252 e. The summed E-state index contributed by atoms with van der Waals surface area (Å²) in [5, 5.41) is 8.12. The fraction of sp³-hybridized carbons (Fsp3) is 0.294. The summed E-state index contributed by atoms with van der Waals surface area (Å²) in [6, 6.07) is 9.12. The van der Waals surface area contributed by atoms with Crippen LogP contribution in [0.3, 0.4) is 0 Å². The number of sulfonamides is 1. The first-order valence-corrected chi connectivity index (χ1v) is 11.3. The number of halogens is 2. The highest BCUT2D eigenvalue weighted by molar-refractivity contribution is 9.11. The van der Waals surface area contributed by atoms with Crippen molar-refractivity contribution in [3.05, 3.63) is 51.9 Å². The summed E-state index contributed by atoms with van der Waals surface area (Å²) >= 11 is 4.50. The quantitative estimate of drug-likeness (QED) is 0.567. The zero-order chi connectivity index (χ0) is 19.0. The Morgan fingerprint density at radius 2 is 1.96 bits per heavy atom. The van der Waals surface area contributed by atoms with E-state index in [0.717, 1.165) is 10.2 Å². The second kappa shape index (κ2) is 7.42. The van der Waals surface area contributed by atoms with Gasteiger partial charge in [0.05, 0.1) is 9.70 Å².